The van der Waals surface area contributed by atoms with Crippen LogP contribution in [-0.2, 0) is 11.0 Å². The van der Waals surface area contributed by atoms with Gasteiger partial charge in [-0.15, -0.1) is 0 Å². The summed E-state index contributed by atoms with van der Waals surface area (Å²) in [4.78, 5) is 0. The van der Waals surface area contributed by atoms with Crippen LogP contribution < -0.4 is 0 Å². The SMILES string of the molecule is CC1(C)c2ccccc2C(c2ccccc2)(n2c3ccccc3c3ccc4c5ccccc5n(-c5ccccc5)c4c32)c2ccccc21. The number of nitrogens with zero attached hydrogens (tertiary/aromatic N) is 2. The standard InChI is InChI=1S/C46H34N2/c1-45(2)37-23-11-13-25-39(37)46(31-17-5-3-6-18-31,40-26-14-12-24-38(40)45)48-42-28-16-10-22-34(42)36-30-29-35-33-21-9-15-27-41(33)47(43(35)44(36)48)32-19-7-4-8-20-32/h3-30H,1-2H3. The minimum atomic E-state index is -0.655. The Balaban J connectivity index is 1.54. The van der Waals surface area contributed by atoms with Crippen molar-refractivity contribution in [3.05, 3.63) is 198 Å². The lowest BCUT2D eigenvalue weighted by atomic mass is 9.60. The van der Waals surface area contributed by atoms with E-state index < -0.39 is 5.54 Å². The summed E-state index contributed by atoms with van der Waals surface area (Å²) >= 11 is 0. The molecule has 2 heterocycles. The molecular formula is C46H34N2. The smallest absolute Gasteiger partial charge is 0.122 e. The fourth-order valence-electron chi connectivity index (χ4n) is 9.03. The van der Waals surface area contributed by atoms with Crippen molar-refractivity contribution < 1.29 is 0 Å². The molecule has 0 unspecified atom stereocenters. The predicted molar refractivity (Wildman–Crippen MR) is 201 cm³/mol. The van der Waals surface area contributed by atoms with Crippen molar-refractivity contribution in [3.8, 4) is 5.69 Å². The van der Waals surface area contributed by atoms with Gasteiger partial charge in [0.1, 0.15) is 5.54 Å². The van der Waals surface area contributed by atoms with Crippen LogP contribution in [0.2, 0.25) is 0 Å². The lowest BCUT2D eigenvalue weighted by Gasteiger charge is -2.49. The molecule has 1 aliphatic carbocycles. The van der Waals surface area contributed by atoms with Gasteiger partial charge < -0.3 is 9.13 Å². The lowest BCUT2D eigenvalue weighted by molar-refractivity contribution is 0.478. The van der Waals surface area contributed by atoms with E-state index in [0.717, 1.165) is 5.69 Å². The van der Waals surface area contributed by atoms with E-state index in [0.29, 0.717) is 0 Å². The number of rotatable bonds is 3. The van der Waals surface area contributed by atoms with Gasteiger partial charge in [0.15, 0.2) is 0 Å². The fraction of sp³-hybridized carbons (Fsp3) is 0.0870. The monoisotopic (exact) mass is 614 g/mol. The van der Waals surface area contributed by atoms with Crippen LogP contribution in [0, 0.1) is 0 Å². The molecule has 0 atom stereocenters. The fourth-order valence-corrected chi connectivity index (χ4v) is 9.03. The second-order valence-electron chi connectivity index (χ2n) is 13.7. The maximum absolute atomic E-state index is 2.71. The van der Waals surface area contributed by atoms with Crippen LogP contribution in [0.3, 0.4) is 0 Å². The van der Waals surface area contributed by atoms with Crippen molar-refractivity contribution in [1.82, 2.24) is 9.13 Å². The highest BCUT2D eigenvalue weighted by molar-refractivity contribution is 6.23. The summed E-state index contributed by atoms with van der Waals surface area (Å²) in [6.45, 7) is 4.77. The summed E-state index contributed by atoms with van der Waals surface area (Å²) in [6.07, 6.45) is 0. The van der Waals surface area contributed by atoms with Crippen molar-refractivity contribution in [1.29, 1.82) is 0 Å². The molecule has 9 aromatic rings. The van der Waals surface area contributed by atoms with Crippen LogP contribution in [0.4, 0.5) is 0 Å². The molecular weight excluding hydrogens is 581 g/mol. The molecule has 0 amide bonds. The maximum atomic E-state index is 2.71. The Morgan fingerprint density at radius 2 is 0.833 bits per heavy atom. The largest absolute Gasteiger partial charge is 0.320 e. The Labute approximate surface area is 280 Å². The van der Waals surface area contributed by atoms with E-state index in [4.69, 9.17) is 0 Å². The van der Waals surface area contributed by atoms with Gasteiger partial charge in [-0.3, -0.25) is 0 Å². The molecule has 2 heteroatoms. The van der Waals surface area contributed by atoms with E-state index in [-0.39, 0.29) is 5.41 Å². The van der Waals surface area contributed by atoms with Gasteiger partial charge in [0.05, 0.1) is 22.1 Å². The van der Waals surface area contributed by atoms with Gasteiger partial charge in [-0.1, -0.05) is 159 Å². The number of aromatic nitrogens is 2. The summed E-state index contributed by atoms with van der Waals surface area (Å²) in [5.41, 5.74) is 11.8. The van der Waals surface area contributed by atoms with E-state index >= 15 is 0 Å². The number of benzene rings is 7. The van der Waals surface area contributed by atoms with Gasteiger partial charge in [0.2, 0.25) is 0 Å². The van der Waals surface area contributed by atoms with Crippen molar-refractivity contribution in [2.75, 3.05) is 0 Å². The van der Waals surface area contributed by atoms with Crippen LogP contribution in [-0.4, -0.2) is 9.13 Å². The molecule has 0 saturated heterocycles. The van der Waals surface area contributed by atoms with Gasteiger partial charge in [-0.2, -0.15) is 0 Å². The highest BCUT2D eigenvalue weighted by Gasteiger charge is 2.50. The van der Waals surface area contributed by atoms with Crippen LogP contribution in [0.15, 0.2) is 170 Å². The highest BCUT2D eigenvalue weighted by Crippen LogP contribution is 2.56. The van der Waals surface area contributed by atoms with Crippen LogP contribution in [0.1, 0.15) is 41.7 Å². The first-order valence-electron chi connectivity index (χ1n) is 16.9. The molecule has 0 saturated carbocycles. The molecule has 2 aromatic heterocycles. The zero-order valence-corrected chi connectivity index (χ0v) is 27.1. The third-order valence-electron chi connectivity index (χ3n) is 11.0. The van der Waals surface area contributed by atoms with Gasteiger partial charge in [0.25, 0.3) is 0 Å². The van der Waals surface area contributed by atoms with E-state index in [9.17, 15) is 0 Å². The first-order chi connectivity index (χ1) is 23.6. The number of hydrogen-bond acceptors (Lipinski definition) is 0. The lowest BCUT2D eigenvalue weighted by Crippen LogP contribution is -2.45. The van der Waals surface area contributed by atoms with Crippen LogP contribution in [0.5, 0.6) is 0 Å². The Morgan fingerprint density at radius 1 is 0.375 bits per heavy atom. The average Bonchev–Trinajstić information content (AvgIpc) is 3.67. The Morgan fingerprint density at radius 3 is 1.46 bits per heavy atom. The molecule has 0 N–H and O–H groups in total. The summed E-state index contributed by atoms with van der Waals surface area (Å²) in [7, 11) is 0. The predicted octanol–water partition coefficient (Wildman–Crippen LogP) is 11.4. The third-order valence-corrected chi connectivity index (χ3v) is 11.0. The van der Waals surface area contributed by atoms with Gasteiger partial charge in [-0.05, 0) is 52.1 Å². The number of hydrogen-bond donors (Lipinski definition) is 0. The van der Waals surface area contributed by atoms with Crippen LogP contribution >= 0.6 is 0 Å². The van der Waals surface area contributed by atoms with Crippen molar-refractivity contribution in [2.24, 2.45) is 0 Å². The molecule has 7 aromatic carbocycles. The quantitative estimate of drug-likeness (QED) is 0.187. The zero-order valence-electron chi connectivity index (χ0n) is 27.1. The topological polar surface area (TPSA) is 9.86 Å². The molecule has 0 radical (unpaired) electrons. The number of para-hydroxylation sites is 3. The molecule has 48 heavy (non-hydrogen) atoms. The number of fused-ring (bicyclic) bond motifs is 9. The molecule has 2 nitrogen and oxygen atoms in total. The molecule has 0 fully saturated rings. The summed E-state index contributed by atoms with van der Waals surface area (Å²) in [5.74, 6) is 0. The summed E-state index contributed by atoms with van der Waals surface area (Å²) in [6, 6.07) is 63.0. The maximum Gasteiger partial charge on any atom is 0.122 e. The zero-order chi connectivity index (χ0) is 32.0. The van der Waals surface area contributed by atoms with Crippen LogP contribution in [0.25, 0.3) is 49.3 Å². The van der Waals surface area contributed by atoms with E-state index in [1.165, 1.54) is 71.4 Å². The molecule has 228 valence electrons. The third kappa shape index (κ3) is 3.37. The highest BCUT2D eigenvalue weighted by atomic mass is 15.1. The molecule has 1 aliphatic rings. The Hall–Kier alpha value is -5.86. The van der Waals surface area contributed by atoms with Gasteiger partial charge >= 0.3 is 0 Å². The van der Waals surface area contributed by atoms with Gasteiger partial charge in [-0.25, -0.2) is 0 Å². The second-order valence-corrected chi connectivity index (χ2v) is 13.7. The average molecular weight is 615 g/mol. The Bertz CT molecular complexity index is 2640. The molecule has 0 bridgehead atoms. The second kappa shape index (κ2) is 9.82. The first kappa shape index (κ1) is 27.3. The minimum absolute atomic E-state index is 0.182. The Kier molecular flexibility index (Phi) is 5.58. The van der Waals surface area contributed by atoms with Crippen molar-refractivity contribution in [3.63, 3.8) is 0 Å². The van der Waals surface area contributed by atoms with Crippen molar-refractivity contribution in [2.45, 2.75) is 24.8 Å². The molecule has 10 rings (SSSR count). The molecule has 0 aliphatic heterocycles. The molecule has 0 spiro atoms. The summed E-state index contributed by atoms with van der Waals surface area (Å²) in [5, 5.41) is 5.03. The van der Waals surface area contributed by atoms with E-state index in [1.807, 2.05) is 0 Å². The minimum Gasteiger partial charge on any atom is -0.320 e. The van der Waals surface area contributed by atoms with E-state index in [2.05, 4.69) is 193 Å². The summed E-state index contributed by atoms with van der Waals surface area (Å²) < 4.78 is 5.20. The van der Waals surface area contributed by atoms with E-state index in [1.54, 1.807) is 0 Å². The van der Waals surface area contributed by atoms with Crippen molar-refractivity contribution >= 4 is 43.6 Å². The first-order valence-corrected chi connectivity index (χ1v) is 16.9. The normalized spacial score (nSPS) is 14.8. The van der Waals surface area contributed by atoms with Gasteiger partial charge in [0, 0.05) is 32.6 Å².